The second-order valence-corrected chi connectivity index (χ2v) is 9.61. The fourth-order valence-corrected chi connectivity index (χ4v) is 5.46. The largest absolute Gasteiger partial charge is 0.364 e. The van der Waals surface area contributed by atoms with E-state index in [1.807, 2.05) is 0 Å². The number of hydrogen-bond acceptors (Lipinski definition) is 4. The number of likely N-dealkylation sites (tertiary alicyclic amines) is 1. The molecule has 3 amide bonds. The van der Waals surface area contributed by atoms with Gasteiger partial charge in [-0.3, -0.25) is 19.1 Å². The zero-order chi connectivity index (χ0) is 24.5. The van der Waals surface area contributed by atoms with Gasteiger partial charge in [-0.05, 0) is 30.9 Å². The number of nitrogens with zero attached hydrogens (tertiary/aromatic N) is 3. The van der Waals surface area contributed by atoms with Gasteiger partial charge >= 0.3 is 0 Å². The third-order valence-corrected chi connectivity index (χ3v) is 7.40. The molecule has 2 saturated carbocycles. The molecule has 0 spiro atoms. The van der Waals surface area contributed by atoms with Gasteiger partial charge in [-0.25, -0.2) is 8.78 Å². The first-order valence-corrected chi connectivity index (χ1v) is 11.6. The van der Waals surface area contributed by atoms with Crippen LogP contribution in [-0.2, 0) is 21.8 Å². The number of primary amides is 1. The first-order chi connectivity index (χ1) is 16.8. The highest BCUT2D eigenvalue weighted by Crippen LogP contribution is 2.52. The lowest BCUT2D eigenvalue weighted by molar-refractivity contribution is -0.140. The van der Waals surface area contributed by atoms with Crippen molar-refractivity contribution in [2.24, 2.45) is 11.7 Å². The lowest BCUT2D eigenvalue weighted by atomic mass is 10.1. The van der Waals surface area contributed by atoms with Crippen molar-refractivity contribution in [1.29, 1.82) is 0 Å². The number of nitrogens with two attached hydrogens (primary N) is 1. The molecule has 3 aromatic rings. The highest BCUT2D eigenvalue weighted by Gasteiger charge is 2.61. The first-order valence-electron chi connectivity index (χ1n) is 11.6. The van der Waals surface area contributed by atoms with E-state index >= 15 is 4.39 Å². The van der Waals surface area contributed by atoms with Crippen LogP contribution in [-0.4, -0.2) is 50.5 Å². The molecule has 180 valence electrons. The molecule has 35 heavy (non-hydrogen) atoms. The molecule has 0 radical (unpaired) electrons. The number of benzene rings is 2. The van der Waals surface area contributed by atoms with Crippen LogP contribution >= 0.6 is 0 Å². The van der Waals surface area contributed by atoms with Gasteiger partial charge in [-0.1, -0.05) is 36.4 Å². The number of para-hydroxylation sites is 1. The van der Waals surface area contributed by atoms with Crippen LogP contribution in [0.25, 0.3) is 10.9 Å². The number of carbonyl (C=O) groups excluding carboxylic acids is 3. The summed E-state index contributed by atoms with van der Waals surface area (Å²) in [6.45, 7) is -0.160. The van der Waals surface area contributed by atoms with Gasteiger partial charge in [0.1, 0.15) is 18.4 Å². The van der Waals surface area contributed by atoms with Crippen LogP contribution in [0.5, 0.6) is 0 Å². The molecule has 3 fully saturated rings. The summed E-state index contributed by atoms with van der Waals surface area (Å²) in [7, 11) is 0. The van der Waals surface area contributed by atoms with Crippen molar-refractivity contribution in [3.63, 3.8) is 0 Å². The van der Waals surface area contributed by atoms with E-state index in [4.69, 9.17) is 5.73 Å². The lowest BCUT2D eigenvalue weighted by Gasteiger charge is -2.27. The Labute approximate surface area is 199 Å². The summed E-state index contributed by atoms with van der Waals surface area (Å²) < 4.78 is 30.8. The predicted octanol–water partition coefficient (Wildman–Crippen LogP) is 2.02. The smallest absolute Gasteiger partial charge is 0.269 e. The number of hydrogen-bond donors (Lipinski definition) is 2. The van der Waals surface area contributed by atoms with E-state index in [0.717, 1.165) is 6.42 Å². The Morgan fingerprint density at radius 3 is 2.63 bits per heavy atom. The van der Waals surface area contributed by atoms with Gasteiger partial charge in [0, 0.05) is 23.4 Å². The number of alkyl halides is 1. The second-order valence-electron chi connectivity index (χ2n) is 9.61. The van der Waals surface area contributed by atoms with E-state index < -0.39 is 35.4 Å². The van der Waals surface area contributed by atoms with E-state index in [9.17, 15) is 18.8 Å². The Kier molecular flexibility index (Phi) is 4.71. The maximum absolute atomic E-state index is 15.3. The van der Waals surface area contributed by atoms with E-state index in [1.165, 1.54) is 22.9 Å². The maximum Gasteiger partial charge on any atom is 0.269 e. The topological polar surface area (TPSA) is 110 Å². The van der Waals surface area contributed by atoms with Crippen molar-refractivity contribution >= 4 is 28.6 Å². The van der Waals surface area contributed by atoms with Crippen LogP contribution in [0.3, 0.4) is 0 Å². The molecule has 3 N–H and O–H groups in total. The number of halogens is 2. The van der Waals surface area contributed by atoms with Crippen LogP contribution in [0.4, 0.5) is 8.78 Å². The van der Waals surface area contributed by atoms with Crippen LogP contribution in [0.1, 0.15) is 35.3 Å². The number of aromatic nitrogens is 2. The summed E-state index contributed by atoms with van der Waals surface area (Å²) in [5, 5.41) is 7.48. The van der Waals surface area contributed by atoms with Crippen molar-refractivity contribution in [2.45, 2.75) is 49.6 Å². The zero-order valence-corrected chi connectivity index (χ0v) is 18.7. The fraction of sp³-hybridized carbons (Fsp3) is 0.360. The molecular weight excluding hydrogens is 456 g/mol. The number of rotatable bonds is 6. The van der Waals surface area contributed by atoms with Crippen LogP contribution in [0.2, 0.25) is 0 Å². The summed E-state index contributed by atoms with van der Waals surface area (Å²) in [5.74, 6) is -1.86. The van der Waals surface area contributed by atoms with E-state index in [2.05, 4.69) is 10.4 Å². The molecule has 2 heterocycles. The summed E-state index contributed by atoms with van der Waals surface area (Å²) in [6, 6.07) is 11.0. The number of fused-ring (bicyclic) bond motifs is 2. The molecule has 5 atom stereocenters. The fourth-order valence-electron chi connectivity index (χ4n) is 5.46. The zero-order valence-electron chi connectivity index (χ0n) is 18.7. The van der Waals surface area contributed by atoms with Crippen LogP contribution < -0.4 is 11.1 Å². The Bertz CT molecular complexity index is 1390. The minimum absolute atomic E-state index is 0.0115. The first kappa shape index (κ1) is 21.7. The number of amides is 3. The van der Waals surface area contributed by atoms with E-state index in [0.29, 0.717) is 17.3 Å². The van der Waals surface area contributed by atoms with Crippen LogP contribution in [0.15, 0.2) is 48.5 Å². The molecule has 3 aliphatic rings. The molecule has 2 aromatic carbocycles. The third kappa shape index (κ3) is 3.46. The van der Waals surface area contributed by atoms with E-state index in [-0.39, 0.29) is 42.1 Å². The highest BCUT2D eigenvalue weighted by molar-refractivity contribution is 6.04. The minimum Gasteiger partial charge on any atom is -0.364 e. The molecule has 2 aliphatic carbocycles. The van der Waals surface area contributed by atoms with Crippen molar-refractivity contribution in [1.82, 2.24) is 20.0 Å². The highest BCUT2D eigenvalue weighted by atomic mass is 19.2. The van der Waals surface area contributed by atoms with Gasteiger partial charge in [-0.2, -0.15) is 5.10 Å². The average Bonchev–Trinajstić information content (AvgIpc) is 3.64. The SMILES string of the molecule is NC(=O)c1nn(CC(=O)N2[C@@H]3C[C@@H]3C[C@H]2C(=O)N[C@H]2C[C@@]2(F)c2ccccc2F)c2ccccc12. The maximum atomic E-state index is 15.3. The average molecular weight is 479 g/mol. The molecule has 0 unspecified atom stereocenters. The Morgan fingerprint density at radius 1 is 1.11 bits per heavy atom. The monoisotopic (exact) mass is 479 g/mol. The van der Waals surface area contributed by atoms with Gasteiger partial charge in [0.25, 0.3) is 5.91 Å². The molecule has 6 rings (SSSR count). The van der Waals surface area contributed by atoms with Crippen molar-refractivity contribution in [2.75, 3.05) is 0 Å². The predicted molar refractivity (Wildman–Crippen MR) is 121 cm³/mol. The van der Waals surface area contributed by atoms with Crippen LogP contribution in [0, 0.1) is 11.7 Å². The van der Waals surface area contributed by atoms with E-state index in [1.54, 1.807) is 35.2 Å². The number of carbonyl (C=O) groups is 3. The van der Waals surface area contributed by atoms with Gasteiger partial charge < -0.3 is 16.0 Å². The number of nitrogens with one attached hydrogen (secondary N) is 1. The van der Waals surface area contributed by atoms with Gasteiger partial charge in [0.05, 0.1) is 11.6 Å². The summed E-state index contributed by atoms with van der Waals surface area (Å²) in [6.07, 6.45) is 1.30. The summed E-state index contributed by atoms with van der Waals surface area (Å²) in [4.78, 5) is 39.8. The molecule has 1 saturated heterocycles. The van der Waals surface area contributed by atoms with Crippen molar-refractivity contribution < 1.29 is 23.2 Å². The molecule has 0 bridgehead atoms. The Morgan fingerprint density at radius 2 is 1.86 bits per heavy atom. The quantitative estimate of drug-likeness (QED) is 0.564. The standard InChI is InChI=1S/C25H23F2N5O3/c26-16-7-3-2-6-15(16)25(27)11-20(25)29-24(35)19-10-13-9-18(13)32(19)21(33)12-31-17-8-4-1-5-14(17)22(30-31)23(28)34/h1-8,13,18-20H,9-12H2,(H2,28,34)(H,29,35)/t13-,18-,19+,20+,25-/m1/s1. The number of piperidine rings is 1. The Hall–Kier alpha value is -3.82. The van der Waals surface area contributed by atoms with Crippen molar-refractivity contribution in [3.05, 3.63) is 65.6 Å². The van der Waals surface area contributed by atoms with Gasteiger partial charge in [-0.15, -0.1) is 0 Å². The molecular formula is C25H23F2N5O3. The lowest BCUT2D eigenvalue weighted by Crippen LogP contribution is -2.50. The molecule has 8 nitrogen and oxygen atoms in total. The second kappa shape index (κ2) is 7.59. The Balaban J connectivity index is 1.19. The van der Waals surface area contributed by atoms with Gasteiger partial charge in [0.15, 0.2) is 11.4 Å². The summed E-state index contributed by atoms with van der Waals surface area (Å²) >= 11 is 0. The minimum atomic E-state index is -1.95. The third-order valence-electron chi connectivity index (χ3n) is 7.40. The molecule has 10 heteroatoms. The summed E-state index contributed by atoms with van der Waals surface area (Å²) in [5.41, 5.74) is 4.10. The van der Waals surface area contributed by atoms with Crippen molar-refractivity contribution in [3.8, 4) is 0 Å². The normalized spacial score (nSPS) is 28.6. The molecule has 1 aliphatic heterocycles. The molecule has 1 aromatic heterocycles. The van der Waals surface area contributed by atoms with Gasteiger partial charge in [0.2, 0.25) is 11.8 Å².